The van der Waals surface area contributed by atoms with Crippen molar-refractivity contribution in [3.63, 3.8) is 0 Å². The molecule has 0 radical (unpaired) electrons. The van der Waals surface area contributed by atoms with E-state index in [0.717, 1.165) is 18.6 Å². The molecule has 0 aliphatic heterocycles. The molecule has 0 spiro atoms. The highest BCUT2D eigenvalue weighted by Gasteiger charge is 2.30. The molecule has 0 amide bonds. The van der Waals surface area contributed by atoms with Crippen LogP contribution in [0, 0.1) is 5.82 Å². The van der Waals surface area contributed by atoms with E-state index in [-0.39, 0.29) is 5.82 Å². The molecule has 2 aromatic carbocycles. The quantitative estimate of drug-likeness (QED) is 0.872. The number of hydrogen-bond donors (Lipinski definition) is 1. The number of rotatable bonds is 4. The third-order valence-electron chi connectivity index (χ3n) is 3.99. The molecular weight excluding hydrogens is 289 g/mol. The van der Waals surface area contributed by atoms with Crippen molar-refractivity contribution in [3.05, 3.63) is 58.9 Å². The van der Waals surface area contributed by atoms with Crippen molar-refractivity contribution in [1.29, 1.82) is 0 Å². The highest BCUT2D eigenvalue weighted by Crippen LogP contribution is 2.39. The average molecular weight is 306 g/mol. The summed E-state index contributed by atoms with van der Waals surface area (Å²) in [5.41, 5.74) is 1.80. The first-order chi connectivity index (χ1) is 10.2. The Hall–Kier alpha value is -1.74. The van der Waals surface area contributed by atoms with Crippen molar-refractivity contribution in [2.45, 2.75) is 24.8 Å². The normalized spacial score (nSPS) is 20.7. The van der Waals surface area contributed by atoms with Gasteiger partial charge < -0.3 is 10.1 Å². The summed E-state index contributed by atoms with van der Waals surface area (Å²) >= 11 is 5.75. The van der Waals surface area contributed by atoms with Gasteiger partial charge in [0.2, 0.25) is 0 Å². The van der Waals surface area contributed by atoms with E-state index in [0.29, 0.717) is 22.7 Å². The first kappa shape index (κ1) is 14.2. The highest BCUT2D eigenvalue weighted by molar-refractivity contribution is 6.30. The molecule has 0 atom stereocenters. The molecule has 0 saturated heterocycles. The van der Waals surface area contributed by atoms with Gasteiger partial charge in [-0.25, -0.2) is 4.39 Å². The summed E-state index contributed by atoms with van der Waals surface area (Å²) in [6.45, 7) is 0. The van der Waals surface area contributed by atoms with Crippen LogP contribution in [0.2, 0.25) is 5.02 Å². The fraction of sp³-hybridized carbons (Fsp3) is 0.294. The molecule has 0 bridgehead atoms. The number of nitrogens with one attached hydrogen (secondary N) is 1. The van der Waals surface area contributed by atoms with Crippen molar-refractivity contribution >= 4 is 17.3 Å². The Kier molecular flexibility index (Phi) is 4.02. The van der Waals surface area contributed by atoms with E-state index in [1.807, 2.05) is 12.1 Å². The third kappa shape index (κ3) is 3.13. The molecule has 0 aromatic heterocycles. The van der Waals surface area contributed by atoms with Crippen LogP contribution in [0.1, 0.15) is 24.3 Å². The number of methoxy groups -OCH3 is 1. The Bertz CT molecular complexity index is 640. The van der Waals surface area contributed by atoms with Crippen molar-refractivity contribution in [1.82, 2.24) is 0 Å². The smallest absolute Gasteiger partial charge is 0.147 e. The molecule has 4 heteroatoms. The molecule has 3 rings (SSSR count). The van der Waals surface area contributed by atoms with E-state index >= 15 is 0 Å². The number of benzene rings is 2. The summed E-state index contributed by atoms with van der Waals surface area (Å²) in [5.74, 6) is 1.09. The van der Waals surface area contributed by atoms with Crippen LogP contribution in [-0.2, 0) is 0 Å². The van der Waals surface area contributed by atoms with Gasteiger partial charge in [-0.1, -0.05) is 23.7 Å². The summed E-state index contributed by atoms with van der Waals surface area (Å²) in [6.07, 6.45) is 1.99. The molecule has 1 fully saturated rings. The minimum Gasteiger partial charge on any atom is -0.497 e. The van der Waals surface area contributed by atoms with E-state index in [4.69, 9.17) is 16.3 Å². The highest BCUT2D eigenvalue weighted by atomic mass is 35.5. The van der Waals surface area contributed by atoms with Gasteiger partial charge in [0, 0.05) is 11.1 Å². The molecule has 21 heavy (non-hydrogen) atoms. The second-order valence-electron chi connectivity index (χ2n) is 5.41. The van der Waals surface area contributed by atoms with Crippen LogP contribution in [0.5, 0.6) is 5.75 Å². The Morgan fingerprint density at radius 1 is 1.19 bits per heavy atom. The zero-order valence-electron chi connectivity index (χ0n) is 11.8. The second-order valence-corrected chi connectivity index (χ2v) is 5.85. The molecule has 2 aromatic rings. The zero-order chi connectivity index (χ0) is 14.8. The zero-order valence-corrected chi connectivity index (χ0v) is 12.5. The summed E-state index contributed by atoms with van der Waals surface area (Å²) < 4.78 is 19.0. The molecule has 1 saturated carbocycles. The van der Waals surface area contributed by atoms with Crippen LogP contribution in [0.3, 0.4) is 0 Å². The molecule has 1 N–H and O–H groups in total. The fourth-order valence-electron chi connectivity index (χ4n) is 2.73. The molecule has 0 unspecified atom stereocenters. The molecule has 1 aliphatic rings. The van der Waals surface area contributed by atoms with Gasteiger partial charge in [0.25, 0.3) is 0 Å². The van der Waals surface area contributed by atoms with Gasteiger partial charge in [-0.2, -0.15) is 0 Å². The maximum atomic E-state index is 13.7. The van der Waals surface area contributed by atoms with E-state index < -0.39 is 0 Å². The first-order valence-corrected chi connectivity index (χ1v) is 7.39. The summed E-state index contributed by atoms with van der Waals surface area (Å²) in [5, 5.41) is 3.65. The van der Waals surface area contributed by atoms with Gasteiger partial charge in [0.15, 0.2) is 0 Å². The van der Waals surface area contributed by atoms with Crippen molar-refractivity contribution in [2.24, 2.45) is 0 Å². The van der Waals surface area contributed by atoms with Crippen molar-refractivity contribution in [2.75, 3.05) is 12.4 Å². The van der Waals surface area contributed by atoms with Crippen molar-refractivity contribution in [3.8, 4) is 5.75 Å². The topological polar surface area (TPSA) is 21.3 Å². The predicted octanol–water partition coefficient (Wildman–Crippen LogP) is 4.85. The molecular formula is C17H17ClFNO. The third-order valence-corrected chi connectivity index (χ3v) is 4.23. The van der Waals surface area contributed by atoms with Gasteiger partial charge in [0.1, 0.15) is 11.6 Å². The van der Waals surface area contributed by atoms with E-state index in [2.05, 4.69) is 17.4 Å². The van der Waals surface area contributed by atoms with Crippen LogP contribution in [0.4, 0.5) is 10.1 Å². The van der Waals surface area contributed by atoms with Crippen LogP contribution < -0.4 is 10.1 Å². The van der Waals surface area contributed by atoms with Crippen LogP contribution in [-0.4, -0.2) is 13.2 Å². The number of ether oxygens (including phenoxy) is 1. The lowest BCUT2D eigenvalue weighted by atomic mass is 9.75. The number of hydrogen-bond acceptors (Lipinski definition) is 2. The van der Waals surface area contributed by atoms with Gasteiger partial charge in [-0.3, -0.25) is 0 Å². The minimum absolute atomic E-state index is 0.299. The maximum absolute atomic E-state index is 13.7. The van der Waals surface area contributed by atoms with E-state index in [9.17, 15) is 4.39 Å². The van der Waals surface area contributed by atoms with E-state index in [1.54, 1.807) is 19.2 Å². The minimum atomic E-state index is -0.299. The SMILES string of the molecule is COc1cccc(C2CC(Nc3ccc(Cl)cc3F)C2)c1. The lowest BCUT2D eigenvalue weighted by molar-refractivity contribution is 0.369. The van der Waals surface area contributed by atoms with Crippen LogP contribution >= 0.6 is 11.6 Å². The molecule has 0 heterocycles. The van der Waals surface area contributed by atoms with Crippen LogP contribution in [0.25, 0.3) is 0 Å². The Morgan fingerprint density at radius 2 is 2.00 bits per heavy atom. The van der Waals surface area contributed by atoms with Gasteiger partial charge >= 0.3 is 0 Å². The van der Waals surface area contributed by atoms with Gasteiger partial charge in [-0.15, -0.1) is 0 Å². The maximum Gasteiger partial charge on any atom is 0.147 e. The van der Waals surface area contributed by atoms with Crippen molar-refractivity contribution < 1.29 is 9.13 Å². The second kappa shape index (κ2) is 5.94. The van der Waals surface area contributed by atoms with Gasteiger partial charge in [0.05, 0.1) is 12.8 Å². The summed E-state index contributed by atoms with van der Waals surface area (Å²) in [4.78, 5) is 0. The predicted molar refractivity (Wildman–Crippen MR) is 83.8 cm³/mol. The van der Waals surface area contributed by atoms with Gasteiger partial charge in [-0.05, 0) is 54.7 Å². The Labute approximate surface area is 128 Å². The van der Waals surface area contributed by atoms with E-state index in [1.165, 1.54) is 11.6 Å². The summed E-state index contributed by atoms with van der Waals surface area (Å²) in [6, 6.07) is 13.2. The average Bonchev–Trinajstić information content (AvgIpc) is 2.44. The number of anilines is 1. The fourth-order valence-corrected chi connectivity index (χ4v) is 2.89. The summed E-state index contributed by atoms with van der Waals surface area (Å²) in [7, 11) is 1.67. The monoisotopic (exact) mass is 305 g/mol. The first-order valence-electron chi connectivity index (χ1n) is 7.01. The Balaban J connectivity index is 1.60. The lowest BCUT2D eigenvalue weighted by Gasteiger charge is -2.37. The standard InChI is InChI=1S/C17H17ClFNO/c1-21-15-4-2-3-11(9-15)12-7-14(8-12)20-17-6-5-13(18)10-16(17)19/h2-6,9-10,12,14,20H,7-8H2,1H3. The molecule has 1 aliphatic carbocycles. The molecule has 110 valence electrons. The lowest BCUT2D eigenvalue weighted by Crippen LogP contribution is -2.34. The molecule has 2 nitrogen and oxygen atoms in total. The Morgan fingerprint density at radius 3 is 2.71 bits per heavy atom. The number of halogens is 2. The largest absolute Gasteiger partial charge is 0.497 e. The van der Waals surface area contributed by atoms with Crippen LogP contribution in [0.15, 0.2) is 42.5 Å².